The number of carbonyl (C=O) groups excluding carboxylic acids is 2. The molecule has 0 fully saturated rings. The van der Waals surface area contributed by atoms with Gasteiger partial charge >= 0.3 is 0 Å². The van der Waals surface area contributed by atoms with Crippen LogP contribution in [0.1, 0.15) is 21.5 Å². The van der Waals surface area contributed by atoms with Crippen LogP contribution in [0.4, 0.5) is 5.69 Å². The zero-order valence-electron chi connectivity index (χ0n) is 16.6. The van der Waals surface area contributed by atoms with Gasteiger partial charge in [-0.2, -0.15) is 0 Å². The van der Waals surface area contributed by atoms with Crippen LogP contribution >= 0.6 is 15.9 Å². The fraction of sp³-hybridized carbons (Fsp3) is 0.0833. The Morgan fingerprint density at radius 2 is 1.77 bits per heavy atom. The third-order valence-corrected chi connectivity index (χ3v) is 5.29. The van der Waals surface area contributed by atoms with Gasteiger partial charge in [-0.15, -0.1) is 0 Å². The maximum atomic E-state index is 13.1. The first-order valence-corrected chi connectivity index (χ1v) is 10.3. The van der Waals surface area contributed by atoms with E-state index in [1.807, 2.05) is 31.2 Å². The number of anilines is 1. The molecule has 0 saturated heterocycles. The number of hydrogen-bond donors (Lipinski definition) is 2. The Bertz CT molecular complexity index is 1190. The molecule has 7 heteroatoms. The van der Waals surface area contributed by atoms with Crippen molar-refractivity contribution in [2.75, 3.05) is 12.1 Å². The molecule has 3 aromatic carbocycles. The summed E-state index contributed by atoms with van der Waals surface area (Å²) in [5.41, 5.74) is 2.85. The number of rotatable bonds is 5. The molecule has 0 saturated carbocycles. The normalized spacial score (nSPS) is 12.4. The number of halogens is 1. The zero-order valence-corrected chi connectivity index (χ0v) is 18.2. The molecule has 1 aliphatic rings. The monoisotopic (exact) mass is 478 g/mol. The Labute approximate surface area is 188 Å². The van der Waals surface area contributed by atoms with Gasteiger partial charge in [0.2, 0.25) is 6.79 Å². The minimum absolute atomic E-state index is 0.0983. The molecule has 156 valence electrons. The summed E-state index contributed by atoms with van der Waals surface area (Å²) in [4.78, 5) is 25.9. The number of carbonyl (C=O) groups is 2. The largest absolute Gasteiger partial charge is 0.454 e. The van der Waals surface area contributed by atoms with Gasteiger partial charge in [-0.05, 0) is 76.5 Å². The second-order valence-corrected chi connectivity index (χ2v) is 7.78. The standard InChI is InChI=1S/C24H19BrN2O4/c1-15-5-4-6-17(11-15)26-24(29)20(27-23(28)18-7-2-3-8-19(18)25)12-16-9-10-21-22(13-16)31-14-30-21/h2-13H,14H2,1H3,(H,26,29)(H,27,28)/b20-12+. The fourth-order valence-electron chi connectivity index (χ4n) is 3.08. The Hall–Kier alpha value is -3.58. The van der Waals surface area contributed by atoms with E-state index in [1.165, 1.54) is 0 Å². The lowest BCUT2D eigenvalue weighted by Crippen LogP contribution is -2.31. The molecule has 0 aliphatic carbocycles. The van der Waals surface area contributed by atoms with Crippen molar-refractivity contribution in [2.45, 2.75) is 6.92 Å². The maximum Gasteiger partial charge on any atom is 0.272 e. The molecule has 0 aromatic heterocycles. The topological polar surface area (TPSA) is 76.7 Å². The first kappa shape index (κ1) is 20.7. The second kappa shape index (κ2) is 9.06. The van der Waals surface area contributed by atoms with Gasteiger partial charge in [-0.1, -0.05) is 30.3 Å². The van der Waals surface area contributed by atoms with Crippen LogP contribution in [-0.2, 0) is 4.79 Å². The highest BCUT2D eigenvalue weighted by Gasteiger charge is 2.18. The van der Waals surface area contributed by atoms with Gasteiger partial charge in [0, 0.05) is 10.2 Å². The quantitative estimate of drug-likeness (QED) is 0.511. The van der Waals surface area contributed by atoms with Crippen LogP contribution in [-0.4, -0.2) is 18.6 Å². The van der Waals surface area contributed by atoms with Crippen LogP contribution in [0.25, 0.3) is 6.08 Å². The summed E-state index contributed by atoms with van der Waals surface area (Å²) in [6, 6.07) is 19.8. The van der Waals surface area contributed by atoms with E-state index in [2.05, 4.69) is 26.6 Å². The lowest BCUT2D eigenvalue weighted by atomic mass is 10.1. The molecule has 2 N–H and O–H groups in total. The van der Waals surface area contributed by atoms with Crippen LogP contribution < -0.4 is 20.1 Å². The molecule has 31 heavy (non-hydrogen) atoms. The Morgan fingerprint density at radius 1 is 0.968 bits per heavy atom. The molecule has 0 spiro atoms. The molecule has 6 nitrogen and oxygen atoms in total. The minimum Gasteiger partial charge on any atom is -0.454 e. The van der Waals surface area contributed by atoms with E-state index in [0.29, 0.717) is 32.8 Å². The first-order valence-electron chi connectivity index (χ1n) is 9.55. The second-order valence-electron chi connectivity index (χ2n) is 6.93. The van der Waals surface area contributed by atoms with Gasteiger partial charge in [-0.25, -0.2) is 0 Å². The number of hydrogen-bond acceptors (Lipinski definition) is 4. The van der Waals surface area contributed by atoms with Crippen molar-refractivity contribution in [1.82, 2.24) is 5.32 Å². The highest BCUT2D eigenvalue weighted by Crippen LogP contribution is 2.33. The molecule has 0 bridgehead atoms. The van der Waals surface area contributed by atoms with Crippen LogP contribution in [0, 0.1) is 6.92 Å². The molecule has 1 heterocycles. The van der Waals surface area contributed by atoms with E-state index in [4.69, 9.17) is 9.47 Å². The molecule has 0 radical (unpaired) electrons. The number of nitrogens with one attached hydrogen (secondary N) is 2. The molecule has 4 rings (SSSR count). The van der Waals surface area contributed by atoms with Crippen molar-refractivity contribution >= 4 is 39.5 Å². The van der Waals surface area contributed by atoms with Crippen molar-refractivity contribution < 1.29 is 19.1 Å². The Kier molecular flexibility index (Phi) is 6.04. The van der Waals surface area contributed by atoms with Gasteiger partial charge in [0.15, 0.2) is 11.5 Å². The SMILES string of the molecule is Cc1cccc(NC(=O)/C(=C\c2ccc3c(c2)OCO3)NC(=O)c2ccccc2Br)c1. The number of benzene rings is 3. The van der Waals surface area contributed by atoms with Gasteiger partial charge in [0.25, 0.3) is 11.8 Å². The summed E-state index contributed by atoms with van der Waals surface area (Å²) in [6.45, 7) is 2.09. The smallest absolute Gasteiger partial charge is 0.272 e. The predicted molar refractivity (Wildman–Crippen MR) is 122 cm³/mol. The molecular formula is C24H19BrN2O4. The Balaban J connectivity index is 1.65. The van der Waals surface area contributed by atoms with Crippen molar-refractivity contribution in [3.05, 3.63) is 93.6 Å². The molecule has 1 aliphatic heterocycles. The van der Waals surface area contributed by atoms with E-state index in [-0.39, 0.29) is 12.5 Å². The number of ether oxygens (including phenoxy) is 2. The van der Waals surface area contributed by atoms with E-state index < -0.39 is 11.8 Å². The highest BCUT2D eigenvalue weighted by atomic mass is 79.9. The third-order valence-electron chi connectivity index (χ3n) is 4.59. The summed E-state index contributed by atoms with van der Waals surface area (Å²) < 4.78 is 11.4. The van der Waals surface area contributed by atoms with Crippen molar-refractivity contribution in [3.8, 4) is 11.5 Å². The molecule has 3 aromatic rings. The van der Waals surface area contributed by atoms with Crippen LogP contribution in [0.3, 0.4) is 0 Å². The molecule has 2 amide bonds. The maximum absolute atomic E-state index is 13.1. The summed E-state index contributed by atoms with van der Waals surface area (Å²) in [6.07, 6.45) is 1.60. The van der Waals surface area contributed by atoms with E-state index in [1.54, 1.807) is 48.5 Å². The number of aryl methyl sites for hydroxylation is 1. The average Bonchev–Trinajstić information content (AvgIpc) is 3.21. The molecule has 0 unspecified atom stereocenters. The van der Waals surface area contributed by atoms with E-state index in [9.17, 15) is 9.59 Å². The molecular weight excluding hydrogens is 460 g/mol. The van der Waals surface area contributed by atoms with Gasteiger partial charge in [0.1, 0.15) is 5.70 Å². The van der Waals surface area contributed by atoms with E-state index in [0.717, 1.165) is 5.56 Å². The fourth-order valence-corrected chi connectivity index (χ4v) is 3.55. The third kappa shape index (κ3) is 4.95. The molecule has 0 atom stereocenters. The first-order chi connectivity index (χ1) is 15.0. The lowest BCUT2D eigenvalue weighted by Gasteiger charge is -2.12. The van der Waals surface area contributed by atoms with Crippen LogP contribution in [0.15, 0.2) is 76.9 Å². The summed E-state index contributed by atoms with van der Waals surface area (Å²) >= 11 is 3.37. The predicted octanol–water partition coefficient (Wildman–Crippen LogP) is 4.90. The van der Waals surface area contributed by atoms with Crippen LogP contribution in [0.2, 0.25) is 0 Å². The minimum atomic E-state index is -0.441. The Morgan fingerprint density at radius 3 is 2.58 bits per heavy atom. The summed E-state index contributed by atoms with van der Waals surface area (Å²) in [5, 5.41) is 5.57. The summed E-state index contributed by atoms with van der Waals surface area (Å²) in [5.74, 6) is 0.381. The van der Waals surface area contributed by atoms with Crippen molar-refractivity contribution in [2.24, 2.45) is 0 Å². The number of amides is 2. The highest BCUT2D eigenvalue weighted by molar-refractivity contribution is 9.10. The summed E-state index contributed by atoms with van der Waals surface area (Å²) in [7, 11) is 0. The lowest BCUT2D eigenvalue weighted by molar-refractivity contribution is -0.113. The van der Waals surface area contributed by atoms with Crippen molar-refractivity contribution in [3.63, 3.8) is 0 Å². The van der Waals surface area contributed by atoms with E-state index >= 15 is 0 Å². The average molecular weight is 479 g/mol. The zero-order chi connectivity index (χ0) is 21.8. The van der Waals surface area contributed by atoms with Crippen molar-refractivity contribution in [1.29, 1.82) is 0 Å². The number of fused-ring (bicyclic) bond motifs is 1. The van der Waals surface area contributed by atoms with Gasteiger partial charge < -0.3 is 20.1 Å². The van der Waals surface area contributed by atoms with Crippen LogP contribution in [0.5, 0.6) is 11.5 Å². The van der Waals surface area contributed by atoms with Gasteiger partial charge in [-0.3, -0.25) is 9.59 Å². The van der Waals surface area contributed by atoms with Gasteiger partial charge in [0.05, 0.1) is 5.56 Å².